The molecular weight excluding hydrogens is 408 g/mol. The summed E-state index contributed by atoms with van der Waals surface area (Å²) in [7, 11) is -3.78. The molecule has 1 fully saturated rings. The standard InChI is InChI=1S/C19H26N6O4S/c1-3-12(2)24-19(26)29-15-5-4-13(8-15)14-9-22-18(23-10-14)25-17-7-6-16(11-21-17)30(20,27)28/h6-7,9-13,15H,3-5,8H2,1-2H3,(H,24,26)(H2,20,27,28)(H,21,22,23,25)/t12-,13+,15-/m0/s1. The highest BCUT2D eigenvalue weighted by atomic mass is 32.2. The lowest BCUT2D eigenvalue weighted by atomic mass is 10.0. The predicted molar refractivity (Wildman–Crippen MR) is 111 cm³/mol. The zero-order valence-corrected chi connectivity index (χ0v) is 17.7. The van der Waals surface area contributed by atoms with Crippen molar-refractivity contribution in [3.05, 3.63) is 36.3 Å². The van der Waals surface area contributed by atoms with E-state index in [1.165, 1.54) is 18.3 Å². The first-order valence-corrected chi connectivity index (χ1v) is 11.3. The van der Waals surface area contributed by atoms with Gasteiger partial charge in [-0.25, -0.2) is 33.3 Å². The second-order valence-electron chi connectivity index (χ2n) is 7.38. The number of alkyl carbamates (subject to hydrolysis) is 1. The third-order valence-electron chi connectivity index (χ3n) is 5.08. The maximum Gasteiger partial charge on any atom is 0.407 e. The normalized spacial score (nSPS) is 19.8. The minimum Gasteiger partial charge on any atom is -0.446 e. The number of nitrogens with one attached hydrogen (secondary N) is 2. The molecule has 1 aliphatic carbocycles. The summed E-state index contributed by atoms with van der Waals surface area (Å²) < 4.78 is 28.0. The molecule has 11 heteroatoms. The largest absolute Gasteiger partial charge is 0.446 e. The molecular formula is C19H26N6O4S. The fraction of sp³-hybridized carbons (Fsp3) is 0.474. The molecule has 30 heavy (non-hydrogen) atoms. The van der Waals surface area contributed by atoms with Gasteiger partial charge in [-0.1, -0.05) is 6.92 Å². The third kappa shape index (κ3) is 5.86. The summed E-state index contributed by atoms with van der Waals surface area (Å²) in [4.78, 5) is 24.4. The second kappa shape index (κ2) is 9.35. The van der Waals surface area contributed by atoms with E-state index in [1.54, 1.807) is 12.4 Å². The van der Waals surface area contributed by atoms with Gasteiger partial charge in [0.05, 0.1) is 0 Å². The van der Waals surface area contributed by atoms with E-state index in [0.29, 0.717) is 11.8 Å². The maximum atomic E-state index is 11.9. The number of amides is 1. The van der Waals surface area contributed by atoms with E-state index >= 15 is 0 Å². The molecule has 4 N–H and O–H groups in total. The van der Waals surface area contributed by atoms with Gasteiger partial charge in [-0.3, -0.25) is 0 Å². The van der Waals surface area contributed by atoms with E-state index in [1.807, 2.05) is 13.8 Å². The van der Waals surface area contributed by atoms with Crippen molar-refractivity contribution < 1.29 is 17.9 Å². The topological polar surface area (TPSA) is 149 Å². The number of aromatic nitrogens is 3. The molecule has 0 spiro atoms. The number of sulfonamides is 1. The Morgan fingerprint density at radius 3 is 2.57 bits per heavy atom. The molecule has 0 radical (unpaired) electrons. The Morgan fingerprint density at radius 1 is 1.23 bits per heavy atom. The highest BCUT2D eigenvalue weighted by Crippen LogP contribution is 2.35. The number of nitrogens with zero attached hydrogens (tertiary/aromatic N) is 3. The van der Waals surface area contributed by atoms with Gasteiger partial charge in [-0.15, -0.1) is 0 Å². The summed E-state index contributed by atoms with van der Waals surface area (Å²) in [5, 5.41) is 10.8. The Kier molecular flexibility index (Phi) is 6.83. The molecule has 0 saturated heterocycles. The predicted octanol–water partition coefficient (Wildman–Crippen LogP) is 2.42. The molecule has 2 aromatic rings. The van der Waals surface area contributed by atoms with Crippen LogP contribution in [0, 0.1) is 0 Å². The number of hydrogen-bond donors (Lipinski definition) is 3. The minimum absolute atomic E-state index is 0.0693. The van der Waals surface area contributed by atoms with E-state index in [-0.39, 0.29) is 29.1 Å². The second-order valence-corrected chi connectivity index (χ2v) is 8.94. The van der Waals surface area contributed by atoms with Gasteiger partial charge in [-0.2, -0.15) is 0 Å². The zero-order chi connectivity index (χ0) is 21.7. The van der Waals surface area contributed by atoms with Crippen molar-refractivity contribution in [2.45, 2.75) is 62.5 Å². The van der Waals surface area contributed by atoms with Gasteiger partial charge in [0.25, 0.3) is 0 Å². The van der Waals surface area contributed by atoms with Crippen LogP contribution < -0.4 is 15.8 Å². The van der Waals surface area contributed by atoms with Gasteiger partial charge in [0.2, 0.25) is 16.0 Å². The molecule has 0 aliphatic heterocycles. The molecule has 3 rings (SSSR count). The summed E-state index contributed by atoms with van der Waals surface area (Å²) in [6, 6.07) is 2.93. The number of nitrogens with two attached hydrogens (primary N) is 1. The van der Waals surface area contributed by atoms with Gasteiger partial charge < -0.3 is 15.4 Å². The van der Waals surface area contributed by atoms with E-state index in [0.717, 1.165) is 31.2 Å². The van der Waals surface area contributed by atoms with Crippen molar-refractivity contribution in [2.24, 2.45) is 5.14 Å². The number of hydrogen-bond acceptors (Lipinski definition) is 8. The van der Waals surface area contributed by atoms with Gasteiger partial charge in [0.1, 0.15) is 16.8 Å². The van der Waals surface area contributed by atoms with Crippen LogP contribution in [0.25, 0.3) is 0 Å². The Bertz CT molecular complexity index is 966. The molecule has 10 nitrogen and oxygen atoms in total. The Morgan fingerprint density at radius 2 is 1.97 bits per heavy atom. The van der Waals surface area contributed by atoms with Crippen molar-refractivity contribution in [1.82, 2.24) is 20.3 Å². The number of anilines is 2. The first kappa shape index (κ1) is 21.9. The summed E-state index contributed by atoms with van der Waals surface area (Å²) in [6.07, 6.45) is 7.45. The van der Waals surface area contributed by atoms with Crippen LogP contribution in [0.1, 0.15) is 51.0 Å². The van der Waals surface area contributed by atoms with Gasteiger partial charge in [0, 0.05) is 24.6 Å². The highest BCUT2D eigenvalue weighted by Gasteiger charge is 2.29. The molecule has 1 saturated carbocycles. The number of ether oxygens (including phenoxy) is 1. The third-order valence-corrected chi connectivity index (χ3v) is 5.98. The van der Waals surface area contributed by atoms with Crippen LogP contribution in [0.4, 0.5) is 16.6 Å². The number of primary sulfonamides is 1. The van der Waals surface area contributed by atoms with E-state index in [2.05, 4.69) is 25.6 Å². The van der Waals surface area contributed by atoms with Crippen molar-refractivity contribution >= 4 is 27.9 Å². The molecule has 1 amide bonds. The van der Waals surface area contributed by atoms with Crippen LogP contribution in [0.3, 0.4) is 0 Å². The maximum absolute atomic E-state index is 11.9. The van der Waals surface area contributed by atoms with Gasteiger partial charge >= 0.3 is 6.09 Å². The van der Waals surface area contributed by atoms with Crippen LogP contribution in [0.5, 0.6) is 0 Å². The average molecular weight is 435 g/mol. The summed E-state index contributed by atoms with van der Waals surface area (Å²) >= 11 is 0. The molecule has 0 aromatic carbocycles. The molecule has 3 atom stereocenters. The Balaban J connectivity index is 1.54. The molecule has 162 valence electrons. The molecule has 0 bridgehead atoms. The highest BCUT2D eigenvalue weighted by molar-refractivity contribution is 7.89. The lowest BCUT2D eigenvalue weighted by molar-refractivity contribution is 0.0975. The first-order valence-electron chi connectivity index (χ1n) is 9.79. The number of rotatable bonds is 7. The van der Waals surface area contributed by atoms with Crippen LogP contribution in [-0.4, -0.2) is 41.6 Å². The molecule has 1 aliphatic rings. The monoisotopic (exact) mass is 434 g/mol. The zero-order valence-electron chi connectivity index (χ0n) is 16.9. The van der Waals surface area contributed by atoms with Crippen molar-refractivity contribution in [2.75, 3.05) is 5.32 Å². The molecule has 2 heterocycles. The molecule has 0 unspecified atom stereocenters. The summed E-state index contributed by atoms with van der Waals surface area (Å²) in [5.74, 6) is 0.970. The summed E-state index contributed by atoms with van der Waals surface area (Å²) in [5.41, 5.74) is 0.978. The Hall–Kier alpha value is -2.79. The average Bonchev–Trinajstić information content (AvgIpc) is 3.16. The smallest absolute Gasteiger partial charge is 0.407 e. The lowest BCUT2D eigenvalue weighted by Gasteiger charge is -2.16. The van der Waals surface area contributed by atoms with Gasteiger partial charge in [0.15, 0.2) is 0 Å². The minimum atomic E-state index is -3.78. The van der Waals surface area contributed by atoms with Gasteiger partial charge in [-0.05, 0) is 56.2 Å². The van der Waals surface area contributed by atoms with Crippen LogP contribution in [-0.2, 0) is 14.8 Å². The van der Waals surface area contributed by atoms with Crippen molar-refractivity contribution in [1.29, 1.82) is 0 Å². The van der Waals surface area contributed by atoms with Crippen molar-refractivity contribution in [3.63, 3.8) is 0 Å². The number of carbonyl (C=O) groups excluding carboxylic acids is 1. The number of pyridine rings is 1. The SMILES string of the molecule is CC[C@H](C)NC(=O)O[C@H]1CC[C@@H](c2cnc(Nc3ccc(S(N)(=O)=O)cn3)nc2)C1. The Labute approximate surface area is 175 Å². The van der Waals surface area contributed by atoms with Crippen LogP contribution in [0.15, 0.2) is 35.6 Å². The van der Waals surface area contributed by atoms with E-state index in [9.17, 15) is 13.2 Å². The van der Waals surface area contributed by atoms with E-state index < -0.39 is 10.0 Å². The van der Waals surface area contributed by atoms with Crippen molar-refractivity contribution in [3.8, 4) is 0 Å². The first-order chi connectivity index (χ1) is 14.2. The lowest BCUT2D eigenvalue weighted by Crippen LogP contribution is -2.34. The molecule has 2 aromatic heterocycles. The van der Waals surface area contributed by atoms with E-state index in [4.69, 9.17) is 9.88 Å². The fourth-order valence-corrected chi connectivity index (χ4v) is 3.65. The fourth-order valence-electron chi connectivity index (χ4n) is 3.19. The van der Waals surface area contributed by atoms with Crippen LogP contribution >= 0.6 is 0 Å². The number of carbonyl (C=O) groups is 1. The summed E-state index contributed by atoms with van der Waals surface area (Å²) in [6.45, 7) is 3.94. The quantitative estimate of drug-likeness (QED) is 0.601. The van der Waals surface area contributed by atoms with Crippen LogP contribution in [0.2, 0.25) is 0 Å².